The van der Waals surface area contributed by atoms with Gasteiger partial charge in [-0.25, -0.2) is 0 Å². The molecule has 1 N–H and O–H groups in total. The van der Waals surface area contributed by atoms with Gasteiger partial charge < -0.3 is 10.1 Å². The van der Waals surface area contributed by atoms with Crippen LogP contribution < -0.4 is 10.1 Å². The molecule has 3 heteroatoms. The summed E-state index contributed by atoms with van der Waals surface area (Å²) in [6.45, 7) is 3.91. The Balaban J connectivity index is 2.45. The highest BCUT2D eigenvalue weighted by atomic mass is 35.5. The zero-order chi connectivity index (χ0) is 11.1. The number of alkyl halides is 1. The third-order valence-electron chi connectivity index (χ3n) is 2.28. The van der Waals surface area contributed by atoms with E-state index in [0.717, 1.165) is 25.3 Å². The summed E-state index contributed by atoms with van der Waals surface area (Å²) < 4.78 is 5.21. The van der Waals surface area contributed by atoms with Crippen LogP contribution in [0.4, 0.5) is 0 Å². The van der Waals surface area contributed by atoms with E-state index in [1.807, 2.05) is 6.07 Å². The van der Waals surface area contributed by atoms with Gasteiger partial charge in [-0.3, -0.25) is 0 Å². The lowest BCUT2D eigenvalue weighted by Crippen LogP contribution is -2.15. The van der Waals surface area contributed by atoms with Gasteiger partial charge in [0.25, 0.3) is 0 Å². The number of rotatable bonds is 6. The van der Waals surface area contributed by atoms with Crippen LogP contribution in [0.5, 0.6) is 5.75 Å². The molecule has 84 valence electrons. The number of methoxy groups -OCH3 is 1. The predicted octanol–water partition coefficient (Wildman–Crippen LogP) is 2.72. The lowest BCUT2D eigenvalue weighted by atomic mass is 10.1. The molecular formula is C12H18ClNO. The fourth-order valence-corrected chi connectivity index (χ4v) is 1.61. The van der Waals surface area contributed by atoms with Crippen molar-refractivity contribution in [3.8, 4) is 5.75 Å². The number of ether oxygens (including phenoxy) is 1. The highest BCUT2D eigenvalue weighted by molar-refractivity contribution is 6.17. The third kappa shape index (κ3) is 4.10. The lowest BCUT2D eigenvalue weighted by molar-refractivity contribution is 0.411. The van der Waals surface area contributed by atoms with Gasteiger partial charge in [0.2, 0.25) is 0 Å². The number of hydrogen-bond acceptors (Lipinski definition) is 2. The van der Waals surface area contributed by atoms with Crippen LogP contribution in [-0.4, -0.2) is 19.5 Å². The van der Waals surface area contributed by atoms with Crippen molar-refractivity contribution in [2.75, 3.05) is 19.5 Å². The van der Waals surface area contributed by atoms with Crippen molar-refractivity contribution < 1.29 is 4.74 Å². The van der Waals surface area contributed by atoms with Gasteiger partial charge in [0, 0.05) is 12.4 Å². The molecule has 0 aliphatic rings. The Hall–Kier alpha value is -0.730. The van der Waals surface area contributed by atoms with E-state index in [9.17, 15) is 0 Å². The van der Waals surface area contributed by atoms with Gasteiger partial charge in [-0.15, -0.1) is 11.6 Å². The lowest BCUT2D eigenvalue weighted by Gasteiger charge is -2.08. The Morgan fingerprint density at radius 2 is 2.20 bits per heavy atom. The van der Waals surface area contributed by atoms with E-state index >= 15 is 0 Å². The maximum absolute atomic E-state index is 5.59. The van der Waals surface area contributed by atoms with E-state index in [1.165, 1.54) is 11.1 Å². The van der Waals surface area contributed by atoms with Crippen molar-refractivity contribution in [1.82, 2.24) is 5.32 Å². The normalized spacial score (nSPS) is 10.3. The first-order valence-corrected chi connectivity index (χ1v) is 5.71. The molecule has 0 saturated carbocycles. The first kappa shape index (κ1) is 12.3. The highest BCUT2D eigenvalue weighted by Crippen LogP contribution is 2.18. The average Bonchev–Trinajstić information content (AvgIpc) is 2.25. The van der Waals surface area contributed by atoms with Crippen LogP contribution in [0.1, 0.15) is 17.5 Å². The second-order valence-corrected chi connectivity index (χ2v) is 3.90. The number of hydrogen-bond donors (Lipinski definition) is 1. The van der Waals surface area contributed by atoms with Crippen molar-refractivity contribution in [3.63, 3.8) is 0 Å². The summed E-state index contributed by atoms with van der Waals surface area (Å²) in [6.07, 6.45) is 1.01. The number of nitrogens with one attached hydrogen (secondary N) is 1. The summed E-state index contributed by atoms with van der Waals surface area (Å²) in [7, 11) is 1.70. The Morgan fingerprint density at radius 1 is 1.40 bits per heavy atom. The van der Waals surface area contributed by atoms with E-state index in [1.54, 1.807) is 7.11 Å². The first-order valence-electron chi connectivity index (χ1n) is 5.18. The van der Waals surface area contributed by atoms with Gasteiger partial charge in [-0.1, -0.05) is 12.1 Å². The van der Waals surface area contributed by atoms with Crippen LogP contribution in [0, 0.1) is 6.92 Å². The molecule has 0 aliphatic carbocycles. The Bertz CT molecular complexity index is 302. The second-order valence-electron chi connectivity index (χ2n) is 3.52. The summed E-state index contributed by atoms with van der Waals surface area (Å²) in [5, 5.41) is 3.34. The molecule has 0 saturated heterocycles. The summed E-state index contributed by atoms with van der Waals surface area (Å²) in [6, 6.07) is 6.24. The quantitative estimate of drug-likeness (QED) is 0.596. The van der Waals surface area contributed by atoms with Gasteiger partial charge in [0.1, 0.15) is 5.75 Å². The van der Waals surface area contributed by atoms with Crippen molar-refractivity contribution >= 4 is 11.6 Å². The van der Waals surface area contributed by atoms with Gasteiger partial charge >= 0.3 is 0 Å². The third-order valence-corrected chi connectivity index (χ3v) is 2.54. The predicted molar refractivity (Wildman–Crippen MR) is 64.8 cm³/mol. The molecule has 0 bridgehead atoms. The number of halogens is 1. The van der Waals surface area contributed by atoms with Crippen molar-refractivity contribution in [2.45, 2.75) is 19.9 Å². The van der Waals surface area contributed by atoms with E-state index < -0.39 is 0 Å². The molecule has 0 heterocycles. The average molecular weight is 228 g/mol. The largest absolute Gasteiger partial charge is 0.496 e. The molecule has 0 radical (unpaired) electrons. The van der Waals surface area contributed by atoms with Crippen LogP contribution in [-0.2, 0) is 6.54 Å². The van der Waals surface area contributed by atoms with Crippen molar-refractivity contribution in [1.29, 1.82) is 0 Å². The molecule has 1 rings (SSSR count). The van der Waals surface area contributed by atoms with E-state index in [0.29, 0.717) is 5.88 Å². The van der Waals surface area contributed by atoms with E-state index in [4.69, 9.17) is 16.3 Å². The molecule has 0 unspecified atom stereocenters. The highest BCUT2D eigenvalue weighted by Gasteiger charge is 1.99. The van der Waals surface area contributed by atoms with Crippen molar-refractivity contribution in [3.05, 3.63) is 29.3 Å². The topological polar surface area (TPSA) is 21.3 Å². The van der Waals surface area contributed by atoms with Gasteiger partial charge in [0.05, 0.1) is 7.11 Å². The molecule has 0 amide bonds. The Kier molecular flexibility index (Phi) is 5.51. The van der Waals surface area contributed by atoms with E-state index in [-0.39, 0.29) is 0 Å². The number of aryl methyl sites for hydroxylation is 1. The minimum absolute atomic E-state index is 0.717. The Morgan fingerprint density at radius 3 is 2.80 bits per heavy atom. The maximum Gasteiger partial charge on any atom is 0.121 e. The molecule has 1 aromatic rings. The van der Waals surface area contributed by atoms with Gasteiger partial charge in [-0.05, 0) is 37.1 Å². The molecule has 0 fully saturated rings. The monoisotopic (exact) mass is 227 g/mol. The van der Waals surface area contributed by atoms with Crippen LogP contribution in [0.25, 0.3) is 0 Å². The molecule has 2 nitrogen and oxygen atoms in total. The van der Waals surface area contributed by atoms with Crippen LogP contribution in [0.15, 0.2) is 18.2 Å². The van der Waals surface area contributed by atoms with E-state index in [2.05, 4.69) is 24.4 Å². The first-order chi connectivity index (χ1) is 7.27. The summed E-state index contributed by atoms with van der Waals surface area (Å²) in [5.41, 5.74) is 2.46. The zero-order valence-electron chi connectivity index (χ0n) is 9.35. The van der Waals surface area contributed by atoms with Gasteiger partial charge in [-0.2, -0.15) is 0 Å². The molecule has 1 aromatic carbocycles. The minimum Gasteiger partial charge on any atom is -0.496 e. The fourth-order valence-electron chi connectivity index (χ4n) is 1.48. The molecule has 0 aliphatic heterocycles. The fraction of sp³-hybridized carbons (Fsp3) is 0.500. The number of benzene rings is 1. The summed E-state index contributed by atoms with van der Waals surface area (Å²) >= 11 is 5.59. The smallest absolute Gasteiger partial charge is 0.121 e. The van der Waals surface area contributed by atoms with Gasteiger partial charge in [0.15, 0.2) is 0 Å². The molecule has 0 atom stereocenters. The molecular weight excluding hydrogens is 210 g/mol. The standard InChI is InChI=1S/C12H18ClNO/c1-10-8-11(4-5-12(10)15-2)9-14-7-3-6-13/h4-5,8,14H,3,6-7,9H2,1-2H3. The Labute approximate surface area is 96.6 Å². The van der Waals surface area contributed by atoms with Crippen molar-refractivity contribution in [2.24, 2.45) is 0 Å². The van der Waals surface area contributed by atoms with Crippen LogP contribution >= 0.6 is 11.6 Å². The molecule has 0 spiro atoms. The zero-order valence-corrected chi connectivity index (χ0v) is 10.1. The summed E-state index contributed by atoms with van der Waals surface area (Å²) in [5.74, 6) is 1.66. The molecule has 15 heavy (non-hydrogen) atoms. The molecule has 0 aromatic heterocycles. The SMILES string of the molecule is COc1ccc(CNCCCCl)cc1C. The maximum atomic E-state index is 5.59. The summed E-state index contributed by atoms with van der Waals surface area (Å²) in [4.78, 5) is 0. The minimum atomic E-state index is 0.717. The van der Waals surface area contributed by atoms with Crippen LogP contribution in [0.2, 0.25) is 0 Å². The second kappa shape index (κ2) is 6.70. The van der Waals surface area contributed by atoms with Crippen LogP contribution in [0.3, 0.4) is 0 Å².